The van der Waals surface area contributed by atoms with Gasteiger partial charge in [0.15, 0.2) is 0 Å². The monoisotopic (exact) mass is 553 g/mol. The molecule has 3 aromatic carbocycles. The van der Waals surface area contributed by atoms with Gasteiger partial charge in [-0.05, 0) is 58.1 Å². The number of hydrogen-bond donors (Lipinski definition) is 1. The third-order valence-electron chi connectivity index (χ3n) is 7.70. The molecule has 2 amide bonds. The molecule has 0 unspecified atom stereocenters. The van der Waals surface area contributed by atoms with Gasteiger partial charge in [-0.25, -0.2) is 0 Å². The number of hydrogen-bond acceptors (Lipinski definition) is 3. The van der Waals surface area contributed by atoms with Crippen LogP contribution in [0.5, 0.6) is 0 Å². The molecule has 0 radical (unpaired) electrons. The lowest BCUT2D eigenvalue weighted by Crippen LogP contribution is -2.31. The minimum Gasteiger partial charge on any atom is -0.334 e. The molecule has 1 heterocycles. The molecule has 3 aromatic rings. The smallest absolute Gasteiger partial charge is 0.223 e. The summed E-state index contributed by atoms with van der Waals surface area (Å²) in [6, 6.07) is 25.5. The van der Waals surface area contributed by atoms with Crippen molar-refractivity contribution in [3.63, 3.8) is 0 Å². The topological polar surface area (TPSA) is 52.7 Å². The van der Waals surface area contributed by atoms with Crippen molar-refractivity contribution in [2.75, 3.05) is 0 Å². The summed E-state index contributed by atoms with van der Waals surface area (Å²) in [5.74, 6) is 1.34. The summed E-state index contributed by atoms with van der Waals surface area (Å²) in [4.78, 5) is 30.9. The van der Waals surface area contributed by atoms with Crippen molar-refractivity contribution in [1.82, 2.24) is 15.1 Å². The third kappa shape index (κ3) is 9.86. The average Bonchev–Trinajstić information content (AvgIpc) is 2.94. The van der Waals surface area contributed by atoms with Gasteiger partial charge in [-0.3, -0.25) is 9.59 Å². The van der Waals surface area contributed by atoms with Crippen molar-refractivity contribution in [1.29, 1.82) is 0 Å². The van der Waals surface area contributed by atoms with Crippen molar-refractivity contribution in [2.24, 2.45) is 11.8 Å². The second-order valence-electron chi connectivity index (χ2n) is 12.4. The summed E-state index contributed by atoms with van der Waals surface area (Å²) in [7, 11) is 0. The number of fused-ring (bicyclic) bond motifs is 6. The van der Waals surface area contributed by atoms with E-state index in [1.54, 1.807) is 0 Å². The molecule has 0 fully saturated rings. The molecule has 0 aromatic heterocycles. The summed E-state index contributed by atoms with van der Waals surface area (Å²) in [6.07, 6.45) is 2.86. The fourth-order valence-corrected chi connectivity index (χ4v) is 5.34. The molecule has 0 saturated carbocycles. The maximum atomic E-state index is 13.4. The summed E-state index contributed by atoms with van der Waals surface area (Å²) < 4.78 is 0. The van der Waals surface area contributed by atoms with Crippen LogP contribution in [0.25, 0.3) is 0 Å². The van der Waals surface area contributed by atoms with Gasteiger partial charge < -0.3 is 15.1 Å². The zero-order valence-corrected chi connectivity index (χ0v) is 25.4. The highest BCUT2D eigenvalue weighted by atomic mass is 16.2. The minimum atomic E-state index is 0.186. The van der Waals surface area contributed by atoms with E-state index >= 15 is 0 Å². The summed E-state index contributed by atoms with van der Waals surface area (Å²) in [5.41, 5.74) is 6.88. The lowest BCUT2D eigenvalue weighted by atomic mass is 10.0. The lowest BCUT2D eigenvalue weighted by molar-refractivity contribution is -0.133. The van der Waals surface area contributed by atoms with Crippen LogP contribution in [-0.2, 0) is 48.9 Å². The van der Waals surface area contributed by atoms with Crippen LogP contribution in [-0.4, -0.2) is 21.6 Å². The Kier molecular flexibility index (Phi) is 11.1. The SMILES string of the molecule is CC(C)CCC(=O)N1Cc2cccc(c2)CNCc2cccc(c2)CN(C(=O)CCC(C)C)Cc2cccc(c2)C1. The van der Waals surface area contributed by atoms with Gasteiger partial charge in [0.1, 0.15) is 0 Å². The van der Waals surface area contributed by atoms with Gasteiger partial charge in [0.25, 0.3) is 0 Å². The van der Waals surface area contributed by atoms with Crippen molar-refractivity contribution >= 4 is 11.8 Å². The van der Waals surface area contributed by atoms with Gasteiger partial charge in [-0.2, -0.15) is 0 Å². The van der Waals surface area contributed by atoms with Crippen LogP contribution in [0.1, 0.15) is 86.8 Å². The quantitative estimate of drug-likeness (QED) is 0.351. The highest BCUT2D eigenvalue weighted by Crippen LogP contribution is 2.20. The van der Waals surface area contributed by atoms with E-state index in [0.717, 1.165) is 48.2 Å². The van der Waals surface area contributed by atoms with Gasteiger partial charge in [-0.1, -0.05) is 100 Å². The zero-order chi connectivity index (χ0) is 29.2. The first kappa shape index (κ1) is 30.5. The maximum Gasteiger partial charge on any atom is 0.223 e. The van der Waals surface area contributed by atoms with E-state index in [1.165, 1.54) is 11.1 Å². The molecule has 1 aliphatic heterocycles. The van der Waals surface area contributed by atoms with Crippen LogP contribution in [0.15, 0.2) is 72.8 Å². The molecule has 5 heteroatoms. The minimum absolute atomic E-state index is 0.186. The van der Waals surface area contributed by atoms with Crippen LogP contribution < -0.4 is 5.32 Å². The largest absolute Gasteiger partial charge is 0.334 e. The fourth-order valence-electron chi connectivity index (χ4n) is 5.34. The molecule has 5 nitrogen and oxygen atoms in total. The Morgan fingerprint density at radius 3 is 1.24 bits per heavy atom. The highest BCUT2D eigenvalue weighted by molar-refractivity contribution is 5.76. The molecule has 0 atom stereocenters. The summed E-state index contributed by atoms with van der Waals surface area (Å²) in [5, 5.41) is 3.58. The summed E-state index contributed by atoms with van der Waals surface area (Å²) >= 11 is 0. The lowest BCUT2D eigenvalue weighted by Gasteiger charge is -2.26. The Morgan fingerprint density at radius 1 is 0.585 bits per heavy atom. The van der Waals surface area contributed by atoms with Crippen molar-refractivity contribution < 1.29 is 9.59 Å². The number of amides is 2. The fraction of sp³-hybridized carbons (Fsp3) is 0.444. The third-order valence-corrected chi connectivity index (χ3v) is 7.70. The Labute approximate surface area is 247 Å². The van der Waals surface area contributed by atoms with Crippen LogP contribution in [0, 0.1) is 11.8 Å². The summed E-state index contributed by atoms with van der Waals surface area (Å²) in [6.45, 7) is 12.4. The molecule has 41 heavy (non-hydrogen) atoms. The molecule has 0 saturated heterocycles. The predicted molar refractivity (Wildman–Crippen MR) is 167 cm³/mol. The number of nitrogens with zero attached hydrogens (tertiary/aromatic N) is 2. The number of nitrogens with one attached hydrogen (secondary N) is 1. The first-order chi connectivity index (χ1) is 19.7. The van der Waals surface area contributed by atoms with Crippen molar-refractivity contribution in [3.8, 4) is 0 Å². The number of benzene rings is 3. The number of rotatable bonds is 6. The zero-order valence-electron chi connectivity index (χ0n) is 25.4. The molecule has 6 bridgehead atoms. The van der Waals surface area contributed by atoms with Crippen molar-refractivity contribution in [3.05, 3.63) is 106 Å². The van der Waals surface area contributed by atoms with E-state index in [9.17, 15) is 9.59 Å². The van der Waals surface area contributed by atoms with Gasteiger partial charge in [0, 0.05) is 52.1 Å². The van der Waals surface area contributed by atoms with Crippen LogP contribution >= 0.6 is 0 Å². The van der Waals surface area contributed by atoms with Gasteiger partial charge in [-0.15, -0.1) is 0 Å². The molecule has 0 spiro atoms. The van der Waals surface area contributed by atoms with Crippen LogP contribution in [0.4, 0.5) is 0 Å². The Hall–Kier alpha value is -3.44. The molecule has 1 N–H and O–H groups in total. The maximum absolute atomic E-state index is 13.4. The van der Waals surface area contributed by atoms with Crippen LogP contribution in [0.3, 0.4) is 0 Å². The first-order valence-electron chi connectivity index (χ1n) is 15.2. The molecular weight excluding hydrogens is 506 g/mol. The molecule has 4 rings (SSSR count). The van der Waals surface area contributed by atoms with Gasteiger partial charge in [0.2, 0.25) is 11.8 Å². The second kappa shape index (κ2) is 15.0. The van der Waals surface area contributed by atoms with E-state index in [2.05, 4.69) is 106 Å². The average molecular weight is 554 g/mol. The molecular formula is C36H47N3O2. The van der Waals surface area contributed by atoms with Gasteiger partial charge >= 0.3 is 0 Å². The second-order valence-corrected chi connectivity index (χ2v) is 12.4. The number of carbonyl (C=O) groups excluding carboxylic acids is 2. The van der Waals surface area contributed by atoms with Crippen molar-refractivity contribution in [2.45, 2.75) is 92.6 Å². The molecule has 1 aliphatic rings. The van der Waals surface area contributed by atoms with Gasteiger partial charge in [0.05, 0.1) is 0 Å². The van der Waals surface area contributed by atoms with E-state index in [1.807, 2.05) is 9.80 Å². The normalized spacial score (nSPS) is 14.6. The van der Waals surface area contributed by atoms with E-state index < -0.39 is 0 Å². The molecule has 0 aliphatic carbocycles. The standard InChI is InChI=1S/C36H47N3O2/c1-27(2)14-16-35(40)38-23-31-10-5-8-29(18-31)21-37-22-30-9-6-11-32(19-30)24-39(36(41)17-15-28(3)4)26-34-13-7-12-33(20-34)25-38/h5-13,18-20,27-28,37H,14-17,21-26H2,1-4H3. The van der Waals surface area contributed by atoms with Crippen LogP contribution in [0.2, 0.25) is 0 Å². The Balaban J connectivity index is 1.66. The number of carbonyl (C=O) groups is 2. The predicted octanol–water partition coefficient (Wildman–Crippen LogP) is 7.22. The van der Waals surface area contributed by atoms with E-state index in [4.69, 9.17) is 0 Å². The first-order valence-corrected chi connectivity index (χ1v) is 15.2. The van der Waals surface area contributed by atoms with E-state index in [0.29, 0.717) is 50.9 Å². The highest BCUT2D eigenvalue weighted by Gasteiger charge is 2.18. The Morgan fingerprint density at radius 2 is 0.902 bits per heavy atom. The molecule has 218 valence electrons. The van der Waals surface area contributed by atoms with E-state index in [-0.39, 0.29) is 11.8 Å². The Bertz CT molecular complexity index is 1200.